The number of nitrogens with one attached hydrogen (secondary N) is 2. The maximum absolute atomic E-state index is 12.5. The molecule has 0 unspecified atom stereocenters. The van der Waals surface area contributed by atoms with Crippen LogP contribution in [-0.4, -0.2) is 24.4 Å². The van der Waals surface area contributed by atoms with Gasteiger partial charge in [0, 0.05) is 28.4 Å². The first kappa shape index (κ1) is 21.0. The van der Waals surface area contributed by atoms with Crippen LogP contribution < -0.4 is 10.0 Å². The first-order valence-electron chi connectivity index (χ1n) is 8.70. The topological polar surface area (TPSA) is 144 Å². The molecule has 0 aliphatic rings. The lowest BCUT2D eigenvalue weighted by Gasteiger charge is -2.09. The lowest BCUT2D eigenvalue weighted by atomic mass is 10.1. The molecule has 2 N–H and O–H groups in total. The Hall–Kier alpha value is -3.73. The molecule has 0 fully saturated rings. The molecule has 3 aromatic rings. The Bertz CT molecular complexity index is 1230. The molecule has 0 saturated carbocycles. The fraction of sp³-hybridized carbons (Fsp3) is 0.158. The molecule has 0 aliphatic heterocycles. The first-order valence-corrected chi connectivity index (χ1v) is 10.2. The lowest BCUT2D eigenvalue weighted by Crippen LogP contribution is -2.14. The van der Waals surface area contributed by atoms with E-state index in [2.05, 4.69) is 15.2 Å². The number of hydrogen-bond donors (Lipinski definition) is 2. The molecule has 0 bridgehead atoms. The quantitative estimate of drug-likeness (QED) is 0.449. The number of carbonyl (C=O) groups is 1. The van der Waals surface area contributed by atoms with Gasteiger partial charge in [0.25, 0.3) is 21.6 Å². The van der Waals surface area contributed by atoms with Crippen LogP contribution in [0.2, 0.25) is 0 Å². The monoisotopic (exact) mass is 430 g/mol. The Balaban J connectivity index is 1.76. The molecule has 1 amide bonds. The molecule has 0 saturated heterocycles. The van der Waals surface area contributed by atoms with Crippen molar-refractivity contribution >= 4 is 33.2 Å². The first-order chi connectivity index (χ1) is 14.1. The largest absolute Gasteiger partial charge is 0.337 e. The van der Waals surface area contributed by atoms with Gasteiger partial charge < -0.3 is 9.84 Å². The summed E-state index contributed by atoms with van der Waals surface area (Å²) in [4.78, 5) is 22.8. The van der Waals surface area contributed by atoms with Crippen LogP contribution in [0, 0.1) is 30.9 Å². The molecule has 156 valence electrons. The van der Waals surface area contributed by atoms with Gasteiger partial charge in [-0.1, -0.05) is 11.2 Å². The highest BCUT2D eigenvalue weighted by molar-refractivity contribution is 7.92. The minimum atomic E-state index is -3.91. The summed E-state index contributed by atoms with van der Waals surface area (Å²) in [6.45, 7) is 4.95. The Morgan fingerprint density at radius 1 is 1.10 bits per heavy atom. The van der Waals surface area contributed by atoms with Crippen LogP contribution in [0.15, 0.2) is 51.9 Å². The Morgan fingerprint density at radius 3 is 2.33 bits per heavy atom. The van der Waals surface area contributed by atoms with Crippen LogP contribution in [0.4, 0.5) is 17.3 Å². The SMILES string of the molecule is Cc1ccc(C(=O)Nc2ccc(S(=O)(=O)Nc3onc(C)c3C)cc2)cc1[N+](=O)[O-]. The van der Waals surface area contributed by atoms with Crippen molar-refractivity contribution in [2.75, 3.05) is 10.0 Å². The highest BCUT2D eigenvalue weighted by atomic mass is 32.2. The van der Waals surface area contributed by atoms with E-state index in [1.165, 1.54) is 42.5 Å². The number of benzene rings is 2. The number of amides is 1. The van der Waals surface area contributed by atoms with Gasteiger partial charge in [-0.3, -0.25) is 14.9 Å². The summed E-state index contributed by atoms with van der Waals surface area (Å²) in [5.74, 6) is -0.523. The molecule has 3 rings (SSSR count). The van der Waals surface area contributed by atoms with Gasteiger partial charge in [-0.2, -0.15) is 0 Å². The van der Waals surface area contributed by atoms with Crippen LogP contribution >= 0.6 is 0 Å². The third kappa shape index (κ3) is 4.30. The van der Waals surface area contributed by atoms with Gasteiger partial charge in [0.1, 0.15) is 0 Å². The number of aromatic nitrogens is 1. The van der Waals surface area contributed by atoms with E-state index in [-0.39, 0.29) is 22.0 Å². The molecular formula is C19H18N4O6S. The van der Waals surface area contributed by atoms with Gasteiger partial charge in [-0.05, 0) is 51.1 Å². The average Bonchev–Trinajstić information content (AvgIpc) is 3.00. The summed E-state index contributed by atoms with van der Waals surface area (Å²) in [5.41, 5.74) is 1.87. The zero-order chi connectivity index (χ0) is 22.1. The van der Waals surface area contributed by atoms with Gasteiger partial charge in [0.05, 0.1) is 15.5 Å². The van der Waals surface area contributed by atoms with E-state index in [0.29, 0.717) is 22.5 Å². The molecule has 10 nitrogen and oxygen atoms in total. The Morgan fingerprint density at radius 2 is 1.77 bits per heavy atom. The number of rotatable bonds is 6. The predicted molar refractivity (Wildman–Crippen MR) is 109 cm³/mol. The summed E-state index contributed by atoms with van der Waals surface area (Å²) >= 11 is 0. The highest BCUT2D eigenvalue weighted by Crippen LogP contribution is 2.23. The van der Waals surface area contributed by atoms with E-state index in [1.807, 2.05) is 0 Å². The Labute approximate surface area is 172 Å². The van der Waals surface area contributed by atoms with Crippen molar-refractivity contribution in [3.63, 3.8) is 0 Å². The van der Waals surface area contributed by atoms with E-state index >= 15 is 0 Å². The van der Waals surface area contributed by atoms with Crippen molar-refractivity contribution in [2.45, 2.75) is 25.7 Å². The van der Waals surface area contributed by atoms with Gasteiger partial charge in [0.2, 0.25) is 5.88 Å². The summed E-state index contributed by atoms with van der Waals surface area (Å²) < 4.78 is 32.3. The molecule has 0 aliphatic carbocycles. The Kier molecular flexibility index (Phi) is 5.56. The number of hydrogen-bond acceptors (Lipinski definition) is 7. The standard InChI is InChI=1S/C19H18N4O6S/c1-11-4-5-14(10-17(11)23(25)26)18(24)20-15-6-8-16(9-7-15)30(27,28)22-19-12(2)13(3)21-29-19/h4-10,22H,1-3H3,(H,20,24). The number of nitro benzene ring substituents is 1. The zero-order valence-electron chi connectivity index (χ0n) is 16.3. The van der Waals surface area contributed by atoms with Crippen LogP contribution in [0.25, 0.3) is 0 Å². The number of nitro groups is 1. The second-order valence-electron chi connectivity index (χ2n) is 6.56. The predicted octanol–water partition coefficient (Wildman–Crippen LogP) is 3.56. The molecular weight excluding hydrogens is 412 g/mol. The van der Waals surface area contributed by atoms with Crippen molar-refractivity contribution in [2.24, 2.45) is 0 Å². The molecule has 0 spiro atoms. The van der Waals surface area contributed by atoms with Crippen LogP contribution in [-0.2, 0) is 10.0 Å². The third-order valence-electron chi connectivity index (χ3n) is 4.47. The van der Waals surface area contributed by atoms with E-state index in [0.717, 1.165) is 0 Å². The molecule has 30 heavy (non-hydrogen) atoms. The maximum Gasteiger partial charge on any atom is 0.273 e. The fourth-order valence-corrected chi connectivity index (χ4v) is 3.61. The second kappa shape index (κ2) is 7.95. The molecule has 1 aromatic heterocycles. The van der Waals surface area contributed by atoms with Crippen molar-refractivity contribution < 1.29 is 22.7 Å². The fourth-order valence-electron chi connectivity index (χ4n) is 2.56. The van der Waals surface area contributed by atoms with E-state index in [4.69, 9.17) is 4.52 Å². The molecule has 2 aromatic carbocycles. The number of nitrogens with zero attached hydrogens (tertiary/aromatic N) is 2. The van der Waals surface area contributed by atoms with Crippen LogP contribution in [0.5, 0.6) is 0 Å². The van der Waals surface area contributed by atoms with Crippen LogP contribution in [0.3, 0.4) is 0 Å². The molecule has 11 heteroatoms. The second-order valence-corrected chi connectivity index (χ2v) is 8.25. The van der Waals surface area contributed by atoms with Crippen molar-refractivity contribution in [1.82, 2.24) is 5.16 Å². The number of carbonyl (C=O) groups excluding carboxylic acids is 1. The van der Waals surface area contributed by atoms with Crippen molar-refractivity contribution in [3.05, 3.63) is 75.0 Å². The zero-order valence-corrected chi connectivity index (χ0v) is 17.1. The van der Waals surface area contributed by atoms with Gasteiger partial charge in [-0.25, -0.2) is 13.1 Å². The highest BCUT2D eigenvalue weighted by Gasteiger charge is 2.20. The summed E-state index contributed by atoms with van der Waals surface area (Å²) in [6.07, 6.45) is 0. The lowest BCUT2D eigenvalue weighted by molar-refractivity contribution is -0.385. The average molecular weight is 430 g/mol. The number of aryl methyl sites for hydroxylation is 2. The minimum Gasteiger partial charge on any atom is -0.337 e. The smallest absolute Gasteiger partial charge is 0.273 e. The summed E-state index contributed by atoms with van der Waals surface area (Å²) in [7, 11) is -3.91. The van der Waals surface area contributed by atoms with E-state index in [1.54, 1.807) is 20.8 Å². The number of anilines is 2. The van der Waals surface area contributed by atoms with Crippen molar-refractivity contribution in [1.29, 1.82) is 0 Å². The molecule has 1 heterocycles. The normalized spacial score (nSPS) is 11.2. The summed E-state index contributed by atoms with van der Waals surface area (Å²) in [5, 5.41) is 17.3. The van der Waals surface area contributed by atoms with Crippen LogP contribution in [0.1, 0.15) is 27.2 Å². The molecule has 0 radical (unpaired) electrons. The number of sulfonamides is 1. The third-order valence-corrected chi connectivity index (χ3v) is 5.82. The van der Waals surface area contributed by atoms with Gasteiger partial charge >= 0.3 is 0 Å². The van der Waals surface area contributed by atoms with E-state index in [9.17, 15) is 23.3 Å². The van der Waals surface area contributed by atoms with Gasteiger partial charge in [-0.15, -0.1) is 0 Å². The van der Waals surface area contributed by atoms with Crippen molar-refractivity contribution in [3.8, 4) is 0 Å². The maximum atomic E-state index is 12.5. The van der Waals surface area contributed by atoms with Gasteiger partial charge in [0.15, 0.2) is 0 Å². The minimum absolute atomic E-state index is 0.0332. The molecule has 0 atom stereocenters. The van der Waals surface area contributed by atoms with E-state index < -0.39 is 20.9 Å². The summed E-state index contributed by atoms with van der Waals surface area (Å²) in [6, 6.07) is 9.60.